The summed E-state index contributed by atoms with van der Waals surface area (Å²) >= 11 is 0. The van der Waals surface area contributed by atoms with Gasteiger partial charge >= 0.3 is 0 Å². The number of amides is 1. The first kappa shape index (κ1) is 20.2. The van der Waals surface area contributed by atoms with Gasteiger partial charge in [-0.05, 0) is 32.9 Å². The molecular formula is C20H19F2N5O2. The highest BCUT2D eigenvalue weighted by Gasteiger charge is 2.24. The summed E-state index contributed by atoms with van der Waals surface area (Å²) in [6.07, 6.45) is 0.451. The van der Waals surface area contributed by atoms with Crippen molar-refractivity contribution < 1.29 is 18.3 Å². The van der Waals surface area contributed by atoms with Crippen molar-refractivity contribution in [1.29, 1.82) is 5.26 Å². The number of fused-ring (bicyclic) bond motifs is 1. The molecule has 3 aromatic rings. The van der Waals surface area contributed by atoms with E-state index in [4.69, 9.17) is 4.74 Å². The molecule has 0 saturated carbocycles. The zero-order chi connectivity index (χ0) is 21.2. The standard InChI is InChI=1S/C20H19F2N5O2/c1-4-29-14-8-17-25-15(20(2,3)11-23)10-27(17)9-12(14)19(28)26-16-7-5-6-13(24-16)18(21)22/h5-10,18H,4H2,1-3H3,(H,24,26,28). The van der Waals surface area contributed by atoms with Gasteiger partial charge in [-0.2, -0.15) is 5.26 Å². The summed E-state index contributed by atoms with van der Waals surface area (Å²) in [6, 6.07) is 7.78. The van der Waals surface area contributed by atoms with E-state index in [1.165, 1.54) is 24.4 Å². The molecule has 0 spiro atoms. The van der Waals surface area contributed by atoms with Crippen LogP contribution < -0.4 is 10.1 Å². The first-order valence-corrected chi connectivity index (χ1v) is 8.89. The molecule has 0 aliphatic rings. The Labute approximate surface area is 166 Å². The maximum absolute atomic E-state index is 12.8. The predicted molar refractivity (Wildman–Crippen MR) is 102 cm³/mol. The van der Waals surface area contributed by atoms with Gasteiger partial charge in [-0.3, -0.25) is 4.79 Å². The van der Waals surface area contributed by atoms with Crippen LogP contribution in [0.25, 0.3) is 5.65 Å². The van der Waals surface area contributed by atoms with E-state index >= 15 is 0 Å². The zero-order valence-corrected chi connectivity index (χ0v) is 16.1. The fraction of sp³-hybridized carbons (Fsp3) is 0.300. The molecule has 150 valence electrons. The van der Waals surface area contributed by atoms with Gasteiger partial charge in [0.15, 0.2) is 0 Å². The molecule has 3 aromatic heterocycles. The van der Waals surface area contributed by atoms with Gasteiger partial charge in [0, 0.05) is 18.5 Å². The minimum Gasteiger partial charge on any atom is -0.493 e. The van der Waals surface area contributed by atoms with Crippen molar-refractivity contribution in [1.82, 2.24) is 14.4 Å². The monoisotopic (exact) mass is 399 g/mol. The third-order valence-corrected chi connectivity index (χ3v) is 4.25. The van der Waals surface area contributed by atoms with Crippen LogP contribution >= 0.6 is 0 Å². The maximum atomic E-state index is 12.8. The number of carbonyl (C=O) groups is 1. The van der Waals surface area contributed by atoms with Crippen molar-refractivity contribution in [2.45, 2.75) is 32.6 Å². The number of hydrogen-bond acceptors (Lipinski definition) is 5. The third-order valence-electron chi connectivity index (χ3n) is 4.25. The lowest BCUT2D eigenvalue weighted by molar-refractivity contribution is 0.102. The second-order valence-electron chi connectivity index (χ2n) is 6.82. The number of nitrogens with one attached hydrogen (secondary N) is 1. The molecule has 0 radical (unpaired) electrons. The largest absolute Gasteiger partial charge is 0.493 e. The van der Waals surface area contributed by atoms with E-state index in [-0.39, 0.29) is 17.1 Å². The van der Waals surface area contributed by atoms with Crippen molar-refractivity contribution in [2.75, 3.05) is 11.9 Å². The van der Waals surface area contributed by atoms with Gasteiger partial charge in [0.1, 0.15) is 22.9 Å². The van der Waals surface area contributed by atoms with Gasteiger partial charge in [-0.15, -0.1) is 0 Å². The second kappa shape index (κ2) is 7.83. The summed E-state index contributed by atoms with van der Waals surface area (Å²) in [6.45, 7) is 5.57. The molecule has 9 heteroatoms. The summed E-state index contributed by atoms with van der Waals surface area (Å²) in [5.74, 6) is -0.272. The number of ether oxygens (including phenoxy) is 1. The van der Waals surface area contributed by atoms with E-state index in [1.807, 2.05) is 0 Å². The smallest absolute Gasteiger partial charge is 0.280 e. The average Bonchev–Trinajstić information content (AvgIpc) is 3.11. The molecule has 0 atom stereocenters. The Morgan fingerprint density at radius 1 is 1.34 bits per heavy atom. The molecule has 1 N–H and O–H groups in total. The minimum atomic E-state index is -2.74. The Balaban J connectivity index is 2.00. The van der Waals surface area contributed by atoms with Crippen LogP contribution in [-0.2, 0) is 5.41 Å². The highest BCUT2D eigenvalue weighted by Crippen LogP contribution is 2.27. The number of alkyl halides is 2. The fourth-order valence-electron chi connectivity index (χ4n) is 2.65. The molecule has 0 aromatic carbocycles. The quantitative estimate of drug-likeness (QED) is 0.673. The average molecular weight is 399 g/mol. The molecule has 1 amide bonds. The Morgan fingerprint density at radius 3 is 2.76 bits per heavy atom. The molecule has 3 rings (SSSR count). The number of rotatable bonds is 6. The van der Waals surface area contributed by atoms with E-state index in [1.54, 1.807) is 37.4 Å². The van der Waals surface area contributed by atoms with Crippen LogP contribution in [0.15, 0.2) is 36.7 Å². The number of pyridine rings is 2. The summed E-state index contributed by atoms with van der Waals surface area (Å²) in [7, 11) is 0. The normalized spacial score (nSPS) is 11.5. The van der Waals surface area contributed by atoms with Crippen LogP contribution in [0, 0.1) is 11.3 Å². The number of nitriles is 1. The van der Waals surface area contributed by atoms with Crippen molar-refractivity contribution in [2.24, 2.45) is 0 Å². The first-order chi connectivity index (χ1) is 13.7. The molecule has 0 saturated heterocycles. The van der Waals surface area contributed by atoms with Gasteiger partial charge in [0.25, 0.3) is 12.3 Å². The third kappa shape index (κ3) is 4.16. The number of anilines is 1. The maximum Gasteiger partial charge on any atom is 0.280 e. The molecule has 0 unspecified atom stereocenters. The van der Waals surface area contributed by atoms with Crippen molar-refractivity contribution in [3.05, 3.63) is 53.6 Å². The Bertz CT molecular complexity index is 1100. The van der Waals surface area contributed by atoms with Crippen LogP contribution in [0.1, 0.15) is 48.9 Å². The Morgan fingerprint density at radius 2 is 2.10 bits per heavy atom. The highest BCUT2D eigenvalue weighted by atomic mass is 19.3. The molecule has 29 heavy (non-hydrogen) atoms. The van der Waals surface area contributed by atoms with E-state index < -0.39 is 23.4 Å². The van der Waals surface area contributed by atoms with Gasteiger partial charge < -0.3 is 14.5 Å². The summed E-state index contributed by atoms with van der Waals surface area (Å²) in [5, 5.41) is 11.8. The first-order valence-electron chi connectivity index (χ1n) is 8.89. The minimum absolute atomic E-state index is 0.00674. The topological polar surface area (TPSA) is 92.3 Å². The number of hydrogen-bond donors (Lipinski definition) is 1. The van der Waals surface area contributed by atoms with Crippen LogP contribution in [0.5, 0.6) is 5.75 Å². The lowest BCUT2D eigenvalue weighted by atomic mass is 9.92. The molecule has 3 heterocycles. The van der Waals surface area contributed by atoms with Crippen LogP contribution in [0.4, 0.5) is 14.6 Å². The molecular weight excluding hydrogens is 380 g/mol. The Hall–Kier alpha value is -3.54. The van der Waals surface area contributed by atoms with Crippen LogP contribution in [0.3, 0.4) is 0 Å². The molecule has 7 nitrogen and oxygen atoms in total. The molecule has 0 fully saturated rings. The number of halogens is 2. The van der Waals surface area contributed by atoms with E-state index in [2.05, 4.69) is 21.4 Å². The predicted octanol–water partition coefficient (Wildman–Crippen LogP) is 4.12. The fourth-order valence-corrected chi connectivity index (χ4v) is 2.65. The van der Waals surface area contributed by atoms with Crippen molar-refractivity contribution in [3.63, 3.8) is 0 Å². The van der Waals surface area contributed by atoms with Crippen LogP contribution in [-0.4, -0.2) is 26.9 Å². The van der Waals surface area contributed by atoms with Gasteiger partial charge in [-0.1, -0.05) is 6.07 Å². The number of aromatic nitrogens is 3. The zero-order valence-electron chi connectivity index (χ0n) is 16.1. The lowest BCUT2D eigenvalue weighted by Crippen LogP contribution is -2.16. The van der Waals surface area contributed by atoms with Crippen molar-refractivity contribution in [3.8, 4) is 11.8 Å². The summed E-state index contributed by atoms with van der Waals surface area (Å²) in [5.41, 5.74) is 0.0101. The molecule has 0 aliphatic carbocycles. The SMILES string of the molecule is CCOc1cc2nc(C(C)(C)C#N)cn2cc1C(=O)Nc1cccc(C(F)F)n1. The van der Waals surface area contributed by atoms with E-state index in [9.17, 15) is 18.8 Å². The van der Waals surface area contributed by atoms with Gasteiger partial charge in [-0.25, -0.2) is 18.7 Å². The summed E-state index contributed by atoms with van der Waals surface area (Å²) in [4.78, 5) is 21.0. The molecule has 0 bridgehead atoms. The molecule has 0 aliphatic heterocycles. The van der Waals surface area contributed by atoms with E-state index in [0.29, 0.717) is 17.9 Å². The van der Waals surface area contributed by atoms with Crippen LogP contribution in [0.2, 0.25) is 0 Å². The van der Waals surface area contributed by atoms with Gasteiger partial charge in [0.05, 0.1) is 29.3 Å². The number of carbonyl (C=O) groups excluding carboxylic acids is 1. The Kier molecular flexibility index (Phi) is 5.46. The second-order valence-corrected chi connectivity index (χ2v) is 6.82. The summed E-state index contributed by atoms with van der Waals surface area (Å²) < 4.78 is 32.9. The number of nitrogens with zero attached hydrogens (tertiary/aromatic N) is 4. The lowest BCUT2D eigenvalue weighted by Gasteiger charge is -2.11. The highest BCUT2D eigenvalue weighted by molar-refractivity contribution is 6.05. The van der Waals surface area contributed by atoms with Crippen molar-refractivity contribution >= 4 is 17.4 Å². The van der Waals surface area contributed by atoms with E-state index in [0.717, 1.165) is 0 Å². The van der Waals surface area contributed by atoms with Gasteiger partial charge in [0.2, 0.25) is 0 Å². The number of imidazole rings is 1.